The molecule has 0 aromatic heterocycles. The van der Waals surface area contributed by atoms with Crippen molar-refractivity contribution in [3.05, 3.63) is 59.4 Å². The molecule has 0 saturated heterocycles. The van der Waals surface area contributed by atoms with E-state index >= 15 is 0 Å². The van der Waals surface area contributed by atoms with Crippen molar-refractivity contribution in [1.29, 1.82) is 0 Å². The summed E-state index contributed by atoms with van der Waals surface area (Å²) in [5.74, 6) is -0.300. The van der Waals surface area contributed by atoms with E-state index in [1.54, 1.807) is 17.8 Å². The first-order valence-corrected chi connectivity index (χ1v) is 7.75. The van der Waals surface area contributed by atoms with Gasteiger partial charge in [-0.2, -0.15) is 0 Å². The summed E-state index contributed by atoms with van der Waals surface area (Å²) in [7, 11) is 0. The lowest BCUT2D eigenvalue weighted by Crippen LogP contribution is -2.28. The highest BCUT2D eigenvalue weighted by atomic mass is 32.2. The van der Waals surface area contributed by atoms with Crippen LogP contribution in [-0.2, 0) is 6.54 Å². The molecule has 0 bridgehead atoms. The molecule has 110 valence electrons. The first kappa shape index (κ1) is 15.4. The minimum atomic E-state index is -0.305. The van der Waals surface area contributed by atoms with Crippen LogP contribution in [0.4, 0.5) is 14.9 Å². The molecule has 0 unspecified atom stereocenters. The average Bonchev–Trinajstić information content (AvgIpc) is 2.49. The molecule has 0 atom stereocenters. The summed E-state index contributed by atoms with van der Waals surface area (Å²) >= 11 is 1.56. The molecule has 2 aromatic carbocycles. The third kappa shape index (κ3) is 4.23. The summed E-state index contributed by atoms with van der Waals surface area (Å²) in [5.41, 5.74) is 2.47. The molecule has 5 heteroatoms. The van der Waals surface area contributed by atoms with Crippen LogP contribution in [0.5, 0.6) is 0 Å². The van der Waals surface area contributed by atoms with Crippen molar-refractivity contribution >= 4 is 23.5 Å². The van der Waals surface area contributed by atoms with Gasteiger partial charge < -0.3 is 10.6 Å². The van der Waals surface area contributed by atoms with Crippen LogP contribution in [0.1, 0.15) is 11.1 Å². The van der Waals surface area contributed by atoms with E-state index in [4.69, 9.17) is 0 Å². The Balaban J connectivity index is 1.97. The predicted octanol–water partition coefficient (Wildman–Crippen LogP) is 4.18. The van der Waals surface area contributed by atoms with Crippen LogP contribution in [0, 0.1) is 12.7 Å². The van der Waals surface area contributed by atoms with Gasteiger partial charge in [0.1, 0.15) is 5.82 Å². The lowest BCUT2D eigenvalue weighted by Gasteiger charge is -2.11. The Bertz CT molecular complexity index is 646. The quantitative estimate of drug-likeness (QED) is 0.832. The molecule has 2 N–H and O–H groups in total. The summed E-state index contributed by atoms with van der Waals surface area (Å²) in [5, 5.41) is 5.54. The van der Waals surface area contributed by atoms with E-state index in [-0.39, 0.29) is 18.4 Å². The van der Waals surface area contributed by atoms with Crippen LogP contribution in [-0.4, -0.2) is 12.3 Å². The van der Waals surface area contributed by atoms with Crippen molar-refractivity contribution in [2.75, 3.05) is 11.6 Å². The highest BCUT2D eigenvalue weighted by Crippen LogP contribution is 2.24. The number of amides is 2. The Morgan fingerprint density at radius 1 is 1.24 bits per heavy atom. The predicted molar refractivity (Wildman–Crippen MR) is 85.2 cm³/mol. The fourth-order valence-corrected chi connectivity index (χ4v) is 2.47. The highest BCUT2D eigenvalue weighted by molar-refractivity contribution is 7.98. The molecule has 3 nitrogen and oxygen atoms in total. The number of anilines is 1. The summed E-state index contributed by atoms with van der Waals surface area (Å²) in [6.07, 6.45) is 1.95. The number of thioether (sulfide) groups is 1. The van der Waals surface area contributed by atoms with E-state index in [1.165, 1.54) is 12.1 Å². The van der Waals surface area contributed by atoms with Gasteiger partial charge in [-0.05, 0) is 48.6 Å². The normalized spacial score (nSPS) is 10.2. The fourth-order valence-electron chi connectivity index (χ4n) is 1.92. The number of aryl methyl sites for hydroxylation is 1. The topological polar surface area (TPSA) is 41.1 Å². The van der Waals surface area contributed by atoms with Gasteiger partial charge in [0.25, 0.3) is 0 Å². The molecule has 21 heavy (non-hydrogen) atoms. The smallest absolute Gasteiger partial charge is 0.319 e. The molecule has 0 spiro atoms. The molecule has 0 fully saturated rings. The minimum Gasteiger partial charge on any atom is -0.334 e. The summed E-state index contributed by atoms with van der Waals surface area (Å²) in [4.78, 5) is 12.9. The lowest BCUT2D eigenvalue weighted by atomic mass is 10.1. The average molecular weight is 304 g/mol. The Hall–Kier alpha value is -2.01. The number of carbonyl (C=O) groups is 1. The van der Waals surface area contributed by atoms with E-state index in [2.05, 4.69) is 10.6 Å². The van der Waals surface area contributed by atoms with Crippen molar-refractivity contribution in [2.45, 2.75) is 18.4 Å². The number of halogens is 1. The van der Waals surface area contributed by atoms with Crippen LogP contribution in [0.25, 0.3) is 0 Å². The third-order valence-corrected chi connectivity index (χ3v) is 3.90. The van der Waals surface area contributed by atoms with E-state index < -0.39 is 0 Å². The maximum absolute atomic E-state index is 13.2. The fraction of sp³-hybridized carbons (Fsp3) is 0.188. The SMILES string of the molecule is CSc1ccccc1NC(=O)NCc1cc(F)ccc1C. The number of benzene rings is 2. The second-order valence-corrected chi connectivity index (χ2v) is 5.43. The number of nitrogens with one attached hydrogen (secondary N) is 2. The number of carbonyl (C=O) groups excluding carboxylic acids is 1. The summed E-state index contributed by atoms with van der Waals surface area (Å²) < 4.78 is 13.2. The molecule has 0 saturated carbocycles. The van der Waals surface area contributed by atoms with Gasteiger partial charge in [0, 0.05) is 11.4 Å². The van der Waals surface area contributed by atoms with Crippen LogP contribution >= 0.6 is 11.8 Å². The first-order valence-electron chi connectivity index (χ1n) is 6.53. The zero-order valence-electron chi connectivity index (χ0n) is 11.9. The first-order chi connectivity index (χ1) is 10.1. The lowest BCUT2D eigenvalue weighted by molar-refractivity contribution is 0.251. The largest absolute Gasteiger partial charge is 0.334 e. The van der Waals surface area contributed by atoms with E-state index in [0.29, 0.717) is 0 Å². The van der Waals surface area contributed by atoms with Crippen molar-refractivity contribution in [3.63, 3.8) is 0 Å². The molecule has 0 heterocycles. The second kappa shape index (κ2) is 7.13. The highest BCUT2D eigenvalue weighted by Gasteiger charge is 2.07. The van der Waals surface area contributed by atoms with Crippen LogP contribution in [0.15, 0.2) is 47.4 Å². The van der Waals surface area contributed by atoms with Gasteiger partial charge in [-0.25, -0.2) is 9.18 Å². The van der Waals surface area contributed by atoms with Gasteiger partial charge in [-0.1, -0.05) is 18.2 Å². The molecule has 2 amide bonds. The van der Waals surface area contributed by atoms with Gasteiger partial charge in [-0.3, -0.25) is 0 Å². The minimum absolute atomic E-state index is 0.289. The number of para-hydroxylation sites is 1. The van der Waals surface area contributed by atoms with Gasteiger partial charge in [0.2, 0.25) is 0 Å². The Labute approximate surface area is 127 Å². The Kier molecular flexibility index (Phi) is 5.22. The summed E-state index contributed by atoms with van der Waals surface area (Å²) in [6, 6.07) is 11.8. The molecule has 2 rings (SSSR count). The molecule has 2 aromatic rings. The molecule has 0 aliphatic rings. The monoisotopic (exact) mass is 304 g/mol. The Morgan fingerprint density at radius 2 is 2.00 bits per heavy atom. The van der Waals surface area contributed by atoms with Crippen LogP contribution in [0.3, 0.4) is 0 Å². The number of urea groups is 1. The Morgan fingerprint density at radius 3 is 2.76 bits per heavy atom. The van der Waals surface area contributed by atoms with Gasteiger partial charge in [0.15, 0.2) is 0 Å². The van der Waals surface area contributed by atoms with E-state index in [9.17, 15) is 9.18 Å². The zero-order chi connectivity index (χ0) is 15.2. The maximum atomic E-state index is 13.2. The molecule has 0 aliphatic carbocycles. The third-order valence-electron chi connectivity index (χ3n) is 3.11. The molecular formula is C16H17FN2OS. The molecular weight excluding hydrogens is 287 g/mol. The summed E-state index contributed by atoms with van der Waals surface area (Å²) in [6.45, 7) is 2.17. The van der Waals surface area contributed by atoms with Gasteiger partial charge in [-0.15, -0.1) is 11.8 Å². The second-order valence-electron chi connectivity index (χ2n) is 4.58. The number of hydrogen-bond acceptors (Lipinski definition) is 2. The van der Waals surface area contributed by atoms with E-state index in [1.807, 2.05) is 37.4 Å². The maximum Gasteiger partial charge on any atom is 0.319 e. The van der Waals surface area contributed by atoms with Gasteiger partial charge >= 0.3 is 6.03 Å². The van der Waals surface area contributed by atoms with E-state index in [0.717, 1.165) is 21.7 Å². The van der Waals surface area contributed by atoms with Crippen LogP contribution < -0.4 is 10.6 Å². The van der Waals surface area contributed by atoms with Crippen molar-refractivity contribution in [3.8, 4) is 0 Å². The zero-order valence-corrected chi connectivity index (χ0v) is 12.8. The van der Waals surface area contributed by atoms with Crippen molar-refractivity contribution in [1.82, 2.24) is 5.32 Å². The van der Waals surface area contributed by atoms with Crippen molar-refractivity contribution < 1.29 is 9.18 Å². The number of hydrogen-bond donors (Lipinski definition) is 2. The van der Waals surface area contributed by atoms with Crippen LogP contribution in [0.2, 0.25) is 0 Å². The van der Waals surface area contributed by atoms with Gasteiger partial charge in [0.05, 0.1) is 5.69 Å². The molecule has 0 aliphatic heterocycles. The molecule has 0 radical (unpaired) electrons. The van der Waals surface area contributed by atoms with Crippen molar-refractivity contribution in [2.24, 2.45) is 0 Å². The standard InChI is InChI=1S/C16H17FN2OS/c1-11-7-8-13(17)9-12(11)10-18-16(20)19-14-5-3-4-6-15(14)21-2/h3-9H,10H2,1-2H3,(H2,18,19,20). The number of rotatable bonds is 4.